The molecule has 7 nitrogen and oxygen atoms in total. The molecule has 1 heterocycles. The number of aryl methyl sites for hydroxylation is 1. The number of aliphatic imine (C=N–C) groups is 1. The van der Waals surface area contributed by atoms with Crippen LogP contribution in [0.15, 0.2) is 53.8 Å². The van der Waals surface area contributed by atoms with Crippen LogP contribution in [-0.4, -0.2) is 56.6 Å². The van der Waals surface area contributed by atoms with Crippen molar-refractivity contribution in [2.75, 3.05) is 44.7 Å². The van der Waals surface area contributed by atoms with Crippen molar-refractivity contribution in [2.45, 2.75) is 13.8 Å². The van der Waals surface area contributed by atoms with Gasteiger partial charge in [-0.2, -0.15) is 0 Å². The van der Waals surface area contributed by atoms with Gasteiger partial charge in [-0.05, 0) is 43.7 Å². The Kier molecular flexibility index (Phi) is 8.78. The maximum absolute atomic E-state index is 12.0. The van der Waals surface area contributed by atoms with Crippen LogP contribution in [0.3, 0.4) is 0 Å². The van der Waals surface area contributed by atoms with E-state index in [9.17, 15) is 4.79 Å². The molecule has 0 saturated carbocycles. The molecule has 2 aromatic rings. The van der Waals surface area contributed by atoms with Crippen LogP contribution in [0.25, 0.3) is 0 Å². The van der Waals surface area contributed by atoms with E-state index >= 15 is 0 Å². The first kappa shape index (κ1) is 21.2. The van der Waals surface area contributed by atoms with E-state index in [0.717, 1.165) is 25.6 Å². The molecule has 7 heteroatoms. The molecule has 0 atom stereocenters. The predicted octanol–water partition coefficient (Wildman–Crippen LogP) is 1.81. The third kappa shape index (κ3) is 6.90. The average molecular weight is 383 g/mol. The lowest BCUT2D eigenvalue weighted by Crippen LogP contribution is -2.44. The second-order valence-electron chi connectivity index (χ2n) is 6.34. The van der Waals surface area contributed by atoms with Crippen LogP contribution in [0.4, 0.5) is 5.69 Å². The molecule has 1 amide bonds. The zero-order valence-corrected chi connectivity index (χ0v) is 16.9. The summed E-state index contributed by atoms with van der Waals surface area (Å²) in [6.45, 7) is 7.92. The molecule has 150 valence electrons. The Hall–Kier alpha value is -3.09. The molecule has 2 rings (SSSR count). The van der Waals surface area contributed by atoms with Crippen molar-refractivity contribution in [1.29, 1.82) is 0 Å². The van der Waals surface area contributed by atoms with E-state index in [4.69, 9.17) is 0 Å². The number of hydrogen-bond acceptors (Lipinski definition) is 4. The Labute approximate surface area is 167 Å². The first-order valence-corrected chi connectivity index (χ1v) is 9.58. The van der Waals surface area contributed by atoms with E-state index in [-0.39, 0.29) is 5.91 Å². The lowest BCUT2D eigenvalue weighted by Gasteiger charge is -2.24. The molecule has 3 N–H and O–H groups in total. The van der Waals surface area contributed by atoms with Gasteiger partial charge in [-0.1, -0.05) is 12.1 Å². The summed E-state index contributed by atoms with van der Waals surface area (Å²) in [6, 6.07) is 12.0. The van der Waals surface area contributed by atoms with Gasteiger partial charge in [0.25, 0.3) is 5.91 Å². The fraction of sp³-hybridized carbons (Fsp3) is 0.381. The minimum Gasteiger partial charge on any atom is -0.370 e. The summed E-state index contributed by atoms with van der Waals surface area (Å²) in [6.07, 6.45) is 3.20. The summed E-state index contributed by atoms with van der Waals surface area (Å²) in [7, 11) is 1.74. The van der Waals surface area contributed by atoms with Crippen molar-refractivity contribution in [1.82, 2.24) is 20.9 Å². The maximum atomic E-state index is 12.0. The molecule has 0 bridgehead atoms. The van der Waals surface area contributed by atoms with Crippen molar-refractivity contribution < 1.29 is 4.79 Å². The SMILES string of the molecule is CCN(CCNC(=NC)NCCNC(=O)c1cccnc1)c1cccc(C)c1. The Bertz CT molecular complexity index is 763. The van der Waals surface area contributed by atoms with E-state index in [1.165, 1.54) is 11.3 Å². The number of likely N-dealkylation sites (N-methyl/N-ethyl adjacent to an activating group) is 1. The number of rotatable bonds is 9. The molecule has 0 fully saturated rings. The Balaban J connectivity index is 1.69. The Morgan fingerprint density at radius 1 is 1.11 bits per heavy atom. The van der Waals surface area contributed by atoms with Crippen LogP contribution in [0.2, 0.25) is 0 Å². The smallest absolute Gasteiger partial charge is 0.252 e. The number of nitrogens with zero attached hydrogens (tertiary/aromatic N) is 3. The Morgan fingerprint density at radius 2 is 1.89 bits per heavy atom. The standard InChI is InChI=1S/C21H30N6O/c1-4-27(19-9-5-7-17(2)15-19)14-13-26-21(22-3)25-12-11-24-20(28)18-8-6-10-23-16-18/h5-10,15-16H,4,11-14H2,1-3H3,(H,24,28)(H2,22,25,26). The third-order valence-corrected chi connectivity index (χ3v) is 4.27. The first-order chi connectivity index (χ1) is 13.6. The topological polar surface area (TPSA) is 81.6 Å². The minimum absolute atomic E-state index is 0.130. The van der Waals surface area contributed by atoms with Crippen molar-refractivity contribution in [3.05, 3.63) is 59.9 Å². The van der Waals surface area contributed by atoms with Crippen LogP contribution in [0, 0.1) is 6.92 Å². The fourth-order valence-electron chi connectivity index (χ4n) is 2.78. The lowest BCUT2D eigenvalue weighted by atomic mass is 10.2. The quantitative estimate of drug-likeness (QED) is 0.350. The summed E-state index contributed by atoms with van der Waals surface area (Å²) >= 11 is 0. The van der Waals surface area contributed by atoms with Gasteiger partial charge in [0.2, 0.25) is 0 Å². The number of amides is 1. The Morgan fingerprint density at radius 3 is 2.57 bits per heavy atom. The van der Waals surface area contributed by atoms with Crippen LogP contribution < -0.4 is 20.9 Å². The molecular formula is C21H30N6O. The van der Waals surface area contributed by atoms with E-state index in [0.29, 0.717) is 18.7 Å². The number of carbonyl (C=O) groups excluding carboxylic acids is 1. The predicted molar refractivity (Wildman–Crippen MR) is 115 cm³/mol. The van der Waals surface area contributed by atoms with E-state index in [1.54, 1.807) is 31.6 Å². The highest BCUT2D eigenvalue weighted by Gasteiger charge is 2.06. The second-order valence-corrected chi connectivity index (χ2v) is 6.34. The molecular weight excluding hydrogens is 352 g/mol. The van der Waals surface area contributed by atoms with E-state index in [1.807, 2.05) is 0 Å². The van der Waals surface area contributed by atoms with Crippen LogP contribution in [0.1, 0.15) is 22.8 Å². The molecule has 1 aromatic heterocycles. The molecule has 0 aliphatic carbocycles. The monoisotopic (exact) mass is 382 g/mol. The first-order valence-electron chi connectivity index (χ1n) is 9.58. The zero-order valence-electron chi connectivity index (χ0n) is 16.9. The average Bonchev–Trinajstić information content (AvgIpc) is 2.73. The summed E-state index contributed by atoms with van der Waals surface area (Å²) < 4.78 is 0. The van der Waals surface area contributed by atoms with Gasteiger partial charge in [-0.15, -0.1) is 0 Å². The number of anilines is 1. The molecule has 28 heavy (non-hydrogen) atoms. The molecule has 0 saturated heterocycles. The third-order valence-electron chi connectivity index (χ3n) is 4.27. The highest BCUT2D eigenvalue weighted by atomic mass is 16.1. The van der Waals surface area contributed by atoms with Gasteiger partial charge in [-0.25, -0.2) is 0 Å². The summed E-state index contributed by atoms with van der Waals surface area (Å²) in [5.41, 5.74) is 3.04. The number of pyridine rings is 1. The van der Waals surface area contributed by atoms with E-state index < -0.39 is 0 Å². The van der Waals surface area contributed by atoms with Crippen LogP contribution >= 0.6 is 0 Å². The van der Waals surface area contributed by atoms with Crippen LogP contribution in [0.5, 0.6) is 0 Å². The number of guanidine groups is 1. The summed E-state index contributed by atoms with van der Waals surface area (Å²) in [4.78, 5) is 22.5. The van der Waals surface area contributed by atoms with Gasteiger partial charge in [0.15, 0.2) is 5.96 Å². The lowest BCUT2D eigenvalue weighted by molar-refractivity contribution is 0.0954. The molecule has 0 aliphatic rings. The largest absolute Gasteiger partial charge is 0.370 e. The number of benzene rings is 1. The normalized spacial score (nSPS) is 11.0. The van der Waals surface area contributed by atoms with Crippen molar-refractivity contribution >= 4 is 17.6 Å². The van der Waals surface area contributed by atoms with E-state index in [2.05, 4.69) is 68.9 Å². The molecule has 0 aliphatic heterocycles. The molecule has 0 unspecified atom stereocenters. The molecule has 1 aromatic carbocycles. The maximum Gasteiger partial charge on any atom is 0.252 e. The van der Waals surface area contributed by atoms with Gasteiger partial charge in [-0.3, -0.25) is 14.8 Å². The number of hydrogen-bond donors (Lipinski definition) is 3. The van der Waals surface area contributed by atoms with Crippen molar-refractivity contribution in [3.8, 4) is 0 Å². The number of nitrogens with one attached hydrogen (secondary N) is 3. The highest BCUT2D eigenvalue weighted by molar-refractivity contribution is 5.93. The zero-order chi connectivity index (χ0) is 20.2. The minimum atomic E-state index is -0.130. The fourth-order valence-corrected chi connectivity index (χ4v) is 2.78. The number of carbonyl (C=O) groups is 1. The summed E-state index contributed by atoms with van der Waals surface area (Å²) in [5, 5.41) is 9.38. The van der Waals surface area contributed by atoms with Crippen molar-refractivity contribution in [3.63, 3.8) is 0 Å². The van der Waals surface area contributed by atoms with Gasteiger partial charge >= 0.3 is 0 Å². The van der Waals surface area contributed by atoms with Gasteiger partial charge in [0, 0.05) is 57.9 Å². The highest BCUT2D eigenvalue weighted by Crippen LogP contribution is 2.14. The molecule has 0 radical (unpaired) electrons. The van der Waals surface area contributed by atoms with Gasteiger partial charge in [0.1, 0.15) is 0 Å². The van der Waals surface area contributed by atoms with Crippen molar-refractivity contribution in [2.24, 2.45) is 4.99 Å². The molecule has 0 spiro atoms. The van der Waals surface area contributed by atoms with Gasteiger partial charge < -0.3 is 20.9 Å². The second kappa shape index (κ2) is 11.6. The van der Waals surface area contributed by atoms with Gasteiger partial charge in [0.05, 0.1) is 5.56 Å². The van der Waals surface area contributed by atoms with Crippen LogP contribution in [-0.2, 0) is 0 Å². The summed E-state index contributed by atoms with van der Waals surface area (Å²) in [5.74, 6) is 0.588. The number of aromatic nitrogens is 1.